The minimum Gasteiger partial charge on any atom is -0.494 e. The number of carbonyl (C=O) groups excluding carboxylic acids is 3. The van der Waals surface area contributed by atoms with Gasteiger partial charge in [-0.1, -0.05) is 35.3 Å². The lowest BCUT2D eigenvalue weighted by molar-refractivity contribution is -0.127. The van der Waals surface area contributed by atoms with Gasteiger partial charge in [-0.2, -0.15) is 0 Å². The molecule has 0 aromatic heterocycles. The van der Waals surface area contributed by atoms with Crippen LogP contribution in [0.1, 0.15) is 18.1 Å². The highest BCUT2D eigenvalue weighted by Gasteiger charge is 2.36. The largest absolute Gasteiger partial charge is 0.494 e. The van der Waals surface area contributed by atoms with Crippen molar-refractivity contribution in [3.63, 3.8) is 0 Å². The van der Waals surface area contributed by atoms with E-state index >= 15 is 0 Å². The van der Waals surface area contributed by atoms with Gasteiger partial charge in [0.25, 0.3) is 11.1 Å². The molecule has 1 N–H and O–H groups in total. The molecule has 0 atom stereocenters. The zero-order chi connectivity index (χ0) is 27.2. The number of imide groups is 1. The molecule has 0 unspecified atom stereocenters. The second kappa shape index (κ2) is 12.9. The fourth-order valence-electron chi connectivity index (χ4n) is 3.45. The number of hydrogen-bond acceptors (Lipinski definition) is 6. The van der Waals surface area contributed by atoms with Crippen LogP contribution in [0, 0.1) is 3.57 Å². The first kappa shape index (κ1) is 28.3. The number of ether oxygens (including phenoxy) is 2. The van der Waals surface area contributed by atoms with E-state index in [1.54, 1.807) is 54.6 Å². The van der Waals surface area contributed by atoms with Gasteiger partial charge in [-0.15, -0.1) is 0 Å². The minimum absolute atomic E-state index is 0.240. The Balaban J connectivity index is 1.37. The predicted molar refractivity (Wildman–Crippen MR) is 159 cm³/mol. The van der Waals surface area contributed by atoms with E-state index in [1.165, 1.54) is 0 Å². The zero-order valence-corrected chi connectivity index (χ0v) is 24.5. The monoisotopic (exact) mass is 682 g/mol. The molecule has 1 heterocycles. The number of nitrogens with zero attached hydrogens (tertiary/aromatic N) is 1. The smallest absolute Gasteiger partial charge is 0.294 e. The summed E-state index contributed by atoms with van der Waals surface area (Å²) in [6, 6.07) is 17.6. The average molecular weight is 683 g/mol. The van der Waals surface area contributed by atoms with E-state index in [-0.39, 0.29) is 11.4 Å². The van der Waals surface area contributed by atoms with Crippen LogP contribution in [-0.4, -0.2) is 35.1 Å². The van der Waals surface area contributed by atoms with Crippen LogP contribution in [0.3, 0.4) is 0 Å². The van der Waals surface area contributed by atoms with E-state index in [0.717, 1.165) is 31.4 Å². The second-order valence-corrected chi connectivity index (χ2v) is 11.0. The Bertz CT molecular complexity index is 1420. The fourth-order valence-corrected chi connectivity index (χ4v) is 5.30. The van der Waals surface area contributed by atoms with Crippen LogP contribution in [0.15, 0.2) is 65.6 Å². The van der Waals surface area contributed by atoms with Crippen LogP contribution < -0.4 is 14.8 Å². The van der Waals surface area contributed by atoms with Crippen LogP contribution >= 0.6 is 57.6 Å². The Hall–Kier alpha value is -2.73. The lowest BCUT2D eigenvalue weighted by Gasteiger charge is -2.13. The molecule has 1 aliphatic heterocycles. The molecule has 38 heavy (non-hydrogen) atoms. The number of anilines is 1. The molecule has 3 amide bonds. The van der Waals surface area contributed by atoms with Gasteiger partial charge in [0.1, 0.15) is 24.7 Å². The summed E-state index contributed by atoms with van der Waals surface area (Å²) in [5.41, 5.74) is 2.14. The van der Waals surface area contributed by atoms with E-state index in [2.05, 4.69) is 27.9 Å². The lowest BCUT2D eigenvalue weighted by atomic mass is 10.2. The Labute approximate surface area is 247 Å². The third-order valence-corrected chi connectivity index (χ3v) is 7.75. The normalized spacial score (nSPS) is 14.2. The highest BCUT2D eigenvalue weighted by Crippen LogP contribution is 2.33. The molecule has 11 heteroatoms. The van der Waals surface area contributed by atoms with Crippen molar-refractivity contribution in [1.82, 2.24) is 4.90 Å². The Morgan fingerprint density at radius 3 is 2.47 bits per heavy atom. The van der Waals surface area contributed by atoms with Crippen molar-refractivity contribution < 1.29 is 23.9 Å². The van der Waals surface area contributed by atoms with Gasteiger partial charge < -0.3 is 14.8 Å². The van der Waals surface area contributed by atoms with Crippen molar-refractivity contribution in [3.8, 4) is 11.5 Å². The van der Waals surface area contributed by atoms with Gasteiger partial charge in [0.05, 0.1) is 25.1 Å². The quantitative estimate of drug-likeness (QED) is 0.189. The third kappa shape index (κ3) is 7.22. The summed E-state index contributed by atoms with van der Waals surface area (Å²) in [6.07, 6.45) is 1.63. The fraction of sp³-hybridized carbons (Fsp3) is 0.148. The van der Waals surface area contributed by atoms with Gasteiger partial charge >= 0.3 is 0 Å². The summed E-state index contributed by atoms with van der Waals surface area (Å²) in [5.74, 6) is 0.350. The van der Waals surface area contributed by atoms with E-state index < -0.39 is 17.1 Å². The summed E-state index contributed by atoms with van der Waals surface area (Å²) >= 11 is 15.0. The van der Waals surface area contributed by atoms with Gasteiger partial charge in [0, 0.05) is 5.69 Å². The lowest BCUT2D eigenvalue weighted by Crippen LogP contribution is -2.36. The number of halogens is 3. The summed E-state index contributed by atoms with van der Waals surface area (Å²) < 4.78 is 12.1. The molecular formula is C27H21Cl2IN2O5S. The average Bonchev–Trinajstić information content (AvgIpc) is 3.14. The second-order valence-electron chi connectivity index (χ2n) is 8.00. The zero-order valence-electron chi connectivity index (χ0n) is 20.0. The number of thioether (sulfide) groups is 1. The third-order valence-electron chi connectivity index (χ3n) is 5.26. The van der Waals surface area contributed by atoms with Crippen LogP contribution in [-0.2, 0) is 16.2 Å². The summed E-state index contributed by atoms with van der Waals surface area (Å²) in [5, 5.41) is 3.13. The van der Waals surface area contributed by atoms with Crippen molar-refractivity contribution in [2.24, 2.45) is 0 Å². The molecule has 1 fully saturated rings. The van der Waals surface area contributed by atoms with Crippen molar-refractivity contribution >= 4 is 86.4 Å². The number of hydrogen-bond donors (Lipinski definition) is 1. The van der Waals surface area contributed by atoms with Gasteiger partial charge in [-0.25, -0.2) is 0 Å². The maximum atomic E-state index is 12.9. The van der Waals surface area contributed by atoms with Crippen molar-refractivity contribution in [2.45, 2.75) is 13.5 Å². The number of carbonyl (C=O) groups is 3. The molecule has 7 nitrogen and oxygen atoms in total. The maximum Gasteiger partial charge on any atom is 0.294 e. The Morgan fingerprint density at radius 2 is 1.79 bits per heavy atom. The van der Waals surface area contributed by atoms with Gasteiger partial charge in [0.2, 0.25) is 5.91 Å². The number of nitrogens with one attached hydrogen (secondary N) is 1. The molecule has 0 spiro atoms. The molecule has 0 bridgehead atoms. The van der Waals surface area contributed by atoms with E-state index in [4.69, 9.17) is 32.7 Å². The minimum atomic E-state index is -0.517. The van der Waals surface area contributed by atoms with Gasteiger partial charge in [-0.3, -0.25) is 19.3 Å². The molecule has 3 aromatic carbocycles. The highest BCUT2D eigenvalue weighted by atomic mass is 127. The van der Waals surface area contributed by atoms with E-state index in [1.807, 2.05) is 19.1 Å². The highest BCUT2D eigenvalue weighted by molar-refractivity contribution is 14.1. The molecular weight excluding hydrogens is 662 g/mol. The van der Waals surface area contributed by atoms with Crippen molar-refractivity contribution in [3.05, 3.63) is 90.3 Å². The summed E-state index contributed by atoms with van der Waals surface area (Å²) in [6.45, 7) is 2.35. The first-order valence-electron chi connectivity index (χ1n) is 11.4. The summed E-state index contributed by atoms with van der Waals surface area (Å²) in [7, 11) is 0. The summed E-state index contributed by atoms with van der Waals surface area (Å²) in [4.78, 5) is 39.0. The van der Waals surface area contributed by atoms with Gasteiger partial charge in [0.15, 0.2) is 0 Å². The molecule has 1 saturated heterocycles. The van der Waals surface area contributed by atoms with Crippen molar-refractivity contribution in [2.75, 3.05) is 18.5 Å². The number of amides is 3. The van der Waals surface area contributed by atoms with Gasteiger partial charge in [-0.05, 0) is 107 Å². The topological polar surface area (TPSA) is 84.9 Å². The molecule has 0 aliphatic carbocycles. The first-order chi connectivity index (χ1) is 18.2. The SMILES string of the molecule is CCOc1ccc(NC(=O)CN2C(=O)S/C(=C/c3ccc(OCc4ccc(Cl)c(Cl)c4)c(I)c3)C2=O)cc1. The van der Waals surface area contributed by atoms with Crippen LogP contribution in [0.2, 0.25) is 10.0 Å². The molecule has 3 aromatic rings. The van der Waals surface area contributed by atoms with Crippen LogP contribution in [0.25, 0.3) is 6.08 Å². The molecule has 0 radical (unpaired) electrons. The molecule has 196 valence electrons. The standard InChI is InChI=1S/C27H21Cl2IN2O5S/c1-2-36-19-7-5-18(6-8-19)31-25(33)14-32-26(34)24(38-27(32)35)13-16-4-10-23(22(30)12-16)37-15-17-3-9-20(28)21(29)11-17/h3-13H,2,14-15H2,1H3,(H,31,33)/b24-13+. The first-order valence-corrected chi connectivity index (χ1v) is 14.0. The van der Waals surface area contributed by atoms with Crippen LogP contribution in [0.5, 0.6) is 11.5 Å². The predicted octanol–water partition coefficient (Wildman–Crippen LogP) is 7.25. The van der Waals surface area contributed by atoms with Crippen molar-refractivity contribution in [1.29, 1.82) is 0 Å². The number of rotatable bonds is 9. The van der Waals surface area contributed by atoms with E-state index in [9.17, 15) is 14.4 Å². The van der Waals surface area contributed by atoms with E-state index in [0.29, 0.717) is 40.4 Å². The van der Waals surface area contributed by atoms with Crippen LogP contribution in [0.4, 0.5) is 10.5 Å². The number of benzene rings is 3. The Kier molecular flexibility index (Phi) is 9.59. The molecule has 1 aliphatic rings. The molecule has 0 saturated carbocycles. The Morgan fingerprint density at radius 1 is 1.03 bits per heavy atom. The maximum absolute atomic E-state index is 12.9. The molecule has 4 rings (SSSR count).